The van der Waals surface area contributed by atoms with E-state index in [0.29, 0.717) is 5.69 Å². The van der Waals surface area contributed by atoms with Gasteiger partial charge >= 0.3 is 0 Å². The fourth-order valence-corrected chi connectivity index (χ4v) is 1.94. The zero-order chi connectivity index (χ0) is 8.39. The Morgan fingerprint density at radius 3 is 3.33 bits per heavy atom. The van der Waals surface area contributed by atoms with E-state index in [1.54, 1.807) is 17.8 Å². The summed E-state index contributed by atoms with van der Waals surface area (Å²) < 4.78 is 0. The summed E-state index contributed by atoms with van der Waals surface area (Å²) in [5.74, 6) is 1.91. The van der Waals surface area contributed by atoms with Gasteiger partial charge in [-0.3, -0.25) is 4.79 Å². The lowest BCUT2D eigenvalue weighted by atomic mass is 10.3. The maximum atomic E-state index is 10.4. The van der Waals surface area contributed by atoms with Crippen molar-refractivity contribution in [2.75, 3.05) is 17.6 Å². The van der Waals surface area contributed by atoms with Crippen molar-refractivity contribution in [2.45, 2.75) is 4.90 Å². The lowest BCUT2D eigenvalue weighted by Gasteiger charge is -2.15. The van der Waals surface area contributed by atoms with Gasteiger partial charge in [0.15, 0.2) is 6.29 Å². The predicted octanol–water partition coefficient (Wildman–Crippen LogP) is 1.41. The topological polar surface area (TPSA) is 42.0 Å². The number of aromatic nitrogens is 1. The molecule has 12 heavy (non-hydrogen) atoms. The molecule has 1 N–H and O–H groups in total. The van der Waals surface area contributed by atoms with Gasteiger partial charge in [0.05, 0.1) is 0 Å². The number of carbonyl (C=O) groups is 1. The Morgan fingerprint density at radius 1 is 1.58 bits per heavy atom. The van der Waals surface area contributed by atoms with Crippen LogP contribution in [0.2, 0.25) is 0 Å². The van der Waals surface area contributed by atoms with Gasteiger partial charge in [-0.1, -0.05) is 0 Å². The molecule has 4 heteroatoms. The molecule has 1 aliphatic rings. The molecule has 0 amide bonds. The number of thioether (sulfide) groups is 1. The molecule has 0 saturated heterocycles. The molecule has 1 aromatic heterocycles. The number of fused-ring (bicyclic) bond motifs is 1. The first kappa shape index (κ1) is 7.61. The van der Waals surface area contributed by atoms with Crippen LogP contribution in [-0.2, 0) is 0 Å². The van der Waals surface area contributed by atoms with Crippen molar-refractivity contribution in [3.05, 3.63) is 17.8 Å². The molecule has 2 heterocycles. The second-order valence-electron chi connectivity index (χ2n) is 2.48. The van der Waals surface area contributed by atoms with Gasteiger partial charge in [-0.2, -0.15) is 0 Å². The highest BCUT2D eigenvalue weighted by Crippen LogP contribution is 2.28. The van der Waals surface area contributed by atoms with E-state index in [0.717, 1.165) is 29.3 Å². The summed E-state index contributed by atoms with van der Waals surface area (Å²) in [6, 6.07) is 3.68. The molecule has 1 aliphatic heterocycles. The minimum atomic E-state index is 0.490. The summed E-state index contributed by atoms with van der Waals surface area (Å²) in [7, 11) is 0. The third-order valence-corrected chi connectivity index (χ3v) is 2.70. The summed E-state index contributed by atoms with van der Waals surface area (Å²) in [5.41, 5.74) is 0.490. The first-order valence-corrected chi connectivity index (χ1v) is 4.71. The molecule has 3 nitrogen and oxygen atoms in total. The summed E-state index contributed by atoms with van der Waals surface area (Å²) in [5, 5.41) is 3.15. The second kappa shape index (κ2) is 3.15. The van der Waals surface area contributed by atoms with Gasteiger partial charge in [-0.25, -0.2) is 4.98 Å². The quantitative estimate of drug-likeness (QED) is 0.663. The first-order chi connectivity index (χ1) is 5.90. The molecule has 0 unspecified atom stereocenters. The van der Waals surface area contributed by atoms with Crippen LogP contribution in [0.1, 0.15) is 10.5 Å². The fraction of sp³-hybridized carbons (Fsp3) is 0.250. The van der Waals surface area contributed by atoms with Gasteiger partial charge in [0.2, 0.25) is 0 Å². The maximum Gasteiger partial charge on any atom is 0.168 e. The Hall–Kier alpha value is -1.03. The summed E-state index contributed by atoms with van der Waals surface area (Å²) in [6.07, 6.45) is 0.765. The molecule has 0 spiro atoms. The molecular weight excluding hydrogens is 172 g/mol. The third kappa shape index (κ3) is 1.30. The highest BCUT2D eigenvalue weighted by molar-refractivity contribution is 7.99. The average molecular weight is 180 g/mol. The molecule has 0 atom stereocenters. The molecule has 0 aromatic carbocycles. The number of hydrogen-bond acceptors (Lipinski definition) is 4. The van der Waals surface area contributed by atoms with Crippen LogP contribution >= 0.6 is 11.8 Å². The monoisotopic (exact) mass is 180 g/mol. The van der Waals surface area contributed by atoms with Crippen molar-refractivity contribution in [3.63, 3.8) is 0 Å². The number of rotatable bonds is 1. The third-order valence-electron chi connectivity index (χ3n) is 1.65. The van der Waals surface area contributed by atoms with Crippen molar-refractivity contribution in [3.8, 4) is 0 Å². The molecule has 1 aromatic rings. The van der Waals surface area contributed by atoms with Crippen LogP contribution in [0.3, 0.4) is 0 Å². The average Bonchev–Trinajstić information content (AvgIpc) is 2.17. The Bertz CT molecular complexity index is 314. The van der Waals surface area contributed by atoms with E-state index >= 15 is 0 Å². The largest absolute Gasteiger partial charge is 0.368 e. The van der Waals surface area contributed by atoms with Crippen LogP contribution in [0.25, 0.3) is 0 Å². The van der Waals surface area contributed by atoms with E-state index in [9.17, 15) is 4.79 Å². The van der Waals surface area contributed by atoms with E-state index in [2.05, 4.69) is 10.3 Å². The predicted molar refractivity (Wildman–Crippen MR) is 48.8 cm³/mol. The minimum absolute atomic E-state index is 0.490. The lowest BCUT2D eigenvalue weighted by Crippen LogP contribution is -2.12. The van der Waals surface area contributed by atoms with E-state index in [1.807, 2.05) is 6.07 Å². The van der Waals surface area contributed by atoms with E-state index < -0.39 is 0 Å². The van der Waals surface area contributed by atoms with Crippen molar-refractivity contribution in [1.82, 2.24) is 4.98 Å². The molecule has 0 aliphatic carbocycles. The Morgan fingerprint density at radius 2 is 2.50 bits per heavy atom. The number of nitrogens with zero attached hydrogens (tertiary/aromatic N) is 1. The van der Waals surface area contributed by atoms with Crippen LogP contribution in [0.5, 0.6) is 0 Å². The maximum absolute atomic E-state index is 10.4. The summed E-state index contributed by atoms with van der Waals surface area (Å²) in [6.45, 7) is 0.924. The zero-order valence-electron chi connectivity index (χ0n) is 6.41. The molecule has 0 bridgehead atoms. The highest BCUT2D eigenvalue weighted by Gasteiger charge is 2.09. The smallest absolute Gasteiger partial charge is 0.168 e. The molecule has 0 fully saturated rings. The van der Waals surface area contributed by atoms with Gasteiger partial charge in [0.25, 0.3) is 0 Å². The van der Waals surface area contributed by atoms with E-state index in [-0.39, 0.29) is 0 Å². The molecule has 0 saturated carbocycles. The van der Waals surface area contributed by atoms with Crippen LogP contribution in [-0.4, -0.2) is 23.6 Å². The Balaban J connectivity index is 2.42. The van der Waals surface area contributed by atoms with Crippen molar-refractivity contribution < 1.29 is 4.79 Å². The number of pyridine rings is 1. The van der Waals surface area contributed by atoms with Crippen molar-refractivity contribution >= 4 is 23.9 Å². The van der Waals surface area contributed by atoms with Gasteiger partial charge in [0, 0.05) is 17.2 Å². The second-order valence-corrected chi connectivity index (χ2v) is 3.61. The van der Waals surface area contributed by atoms with Crippen LogP contribution < -0.4 is 5.32 Å². The highest BCUT2D eigenvalue weighted by atomic mass is 32.2. The number of hydrogen-bond donors (Lipinski definition) is 1. The van der Waals surface area contributed by atoms with Gasteiger partial charge in [-0.05, 0) is 12.1 Å². The number of anilines is 1. The normalized spacial score (nSPS) is 14.7. The minimum Gasteiger partial charge on any atom is -0.368 e. The van der Waals surface area contributed by atoms with Crippen LogP contribution in [0.15, 0.2) is 17.0 Å². The molecule has 62 valence electrons. The SMILES string of the molecule is O=Cc1ccc2c(n1)NCCS2. The number of carbonyl (C=O) groups excluding carboxylic acids is 1. The van der Waals surface area contributed by atoms with E-state index in [1.165, 1.54) is 0 Å². The molecule has 0 radical (unpaired) electrons. The van der Waals surface area contributed by atoms with Crippen LogP contribution in [0, 0.1) is 0 Å². The first-order valence-electron chi connectivity index (χ1n) is 3.73. The van der Waals surface area contributed by atoms with Gasteiger partial charge in [0.1, 0.15) is 11.5 Å². The zero-order valence-corrected chi connectivity index (χ0v) is 7.23. The Kier molecular flexibility index (Phi) is 1.99. The standard InChI is InChI=1S/C8H8N2OS/c11-5-6-1-2-7-8(10-6)9-3-4-12-7/h1-2,5H,3-4H2,(H,9,10). The van der Waals surface area contributed by atoms with Crippen molar-refractivity contribution in [2.24, 2.45) is 0 Å². The lowest BCUT2D eigenvalue weighted by molar-refractivity contribution is 0.111. The Labute approximate surface area is 74.6 Å². The fourth-order valence-electron chi connectivity index (χ4n) is 1.10. The number of nitrogens with one attached hydrogen (secondary N) is 1. The molecular formula is C8H8N2OS. The van der Waals surface area contributed by atoms with Gasteiger partial charge < -0.3 is 5.32 Å². The summed E-state index contributed by atoms with van der Waals surface area (Å²) >= 11 is 1.77. The molecule has 2 rings (SSSR count). The van der Waals surface area contributed by atoms with Gasteiger partial charge in [-0.15, -0.1) is 11.8 Å². The van der Waals surface area contributed by atoms with Crippen LogP contribution in [0.4, 0.5) is 5.82 Å². The summed E-state index contributed by atoms with van der Waals surface area (Å²) in [4.78, 5) is 15.7. The van der Waals surface area contributed by atoms with E-state index in [4.69, 9.17) is 0 Å². The number of aldehydes is 1. The van der Waals surface area contributed by atoms with Crippen molar-refractivity contribution in [1.29, 1.82) is 0 Å².